The molecule has 152 valence electrons. The molecule has 1 saturated carbocycles. The quantitative estimate of drug-likeness (QED) is 0.572. The second-order valence-electron chi connectivity index (χ2n) is 7.67. The van der Waals surface area contributed by atoms with Crippen LogP contribution in [0.1, 0.15) is 38.2 Å². The van der Waals surface area contributed by atoms with Gasteiger partial charge in [-0.2, -0.15) is 0 Å². The molecule has 2 aromatic carbocycles. The van der Waals surface area contributed by atoms with Crippen LogP contribution < -0.4 is 5.32 Å². The van der Waals surface area contributed by atoms with E-state index in [1.54, 1.807) is 18.2 Å². The molecule has 2 fully saturated rings. The maximum absolute atomic E-state index is 14.3. The van der Waals surface area contributed by atoms with Crippen LogP contribution in [0.25, 0.3) is 6.08 Å². The van der Waals surface area contributed by atoms with Gasteiger partial charge in [-0.3, -0.25) is 4.79 Å². The Morgan fingerprint density at radius 3 is 2.62 bits per heavy atom. The molecule has 0 bridgehead atoms. The third kappa shape index (κ3) is 4.31. The second-order valence-corrected chi connectivity index (χ2v) is 9.20. The Kier molecular flexibility index (Phi) is 6.16. The minimum Gasteiger partial charge on any atom is -0.356 e. The van der Waals surface area contributed by atoms with Crippen molar-refractivity contribution in [2.75, 3.05) is 5.32 Å². The molecule has 1 unspecified atom stereocenters. The Morgan fingerprint density at radius 2 is 1.90 bits per heavy atom. The Morgan fingerprint density at radius 1 is 1.14 bits per heavy atom. The Hall–Kier alpha value is -1.98. The molecular weight excluding hydrogens is 407 g/mol. The molecule has 1 aliphatic carbocycles. The van der Waals surface area contributed by atoms with Crippen molar-refractivity contribution in [1.82, 2.24) is 4.90 Å². The molecule has 1 aliphatic heterocycles. The summed E-state index contributed by atoms with van der Waals surface area (Å²) in [6.45, 7) is 2.22. The number of thioether (sulfide) groups is 1. The summed E-state index contributed by atoms with van der Waals surface area (Å²) in [7, 11) is 0. The maximum atomic E-state index is 14.3. The van der Waals surface area contributed by atoms with Crippen LogP contribution in [0.2, 0.25) is 5.02 Å². The first-order chi connectivity index (χ1) is 14.0. The summed E-state index contributed by atoms with van der Waals surface area (Å²) in [5.41, 5.74) is 0.991. The van der Waals surface area contributed by atoms with Crippen molar-refractivity contribution in [3.05, 3.63) is 69.8 Å². The molecule has 0 aromatic heterocycles. The van der Waals surface area contributed by atoms with E-state index < -0.39 is 5.82 Å². The Bertz CT molecular complexity index is 900. The number of anilines is 1. The van der Waals surface area contributed by atoms with Crippen LogP contribution in [0.5, 0.6) is 0 Å². The van der Waals surface area contributed by atoms with Gasteiger partial charge in [0.25, 0.3) is 5.91 Å². The number of halogens is 2. The molecule has 29 heavy (non-hydrogen) atoms. The van der Waals surface area contributed by atoms with Crippen molar-refractivity contribution in [2.45, 2.75) is 44.1 Å². The summed E-state index contributed by atoms with van der Waals surface area (Å²) in [4.78, 5) is 15.9. The molecule has 0 radical (unpaired) electrons. The van der Waals surface area contributed by atoms with Gasteiger partial charge in [-0.05, 0) is 49.1 Å². The highest BCUT2D eigenvalue weighted by Gasteiger charge is 2.43. The van der Waals surface area contributed by atoms with E-state index >= 15 is 0 Å². The molecule has 1 amide bonds. The average molecular weight is 431 g/mol. The fourth-order valence-electron chi connectivity index (χ4n) is 4.15. The number of nitrogens with one attached hydrogen (secondary N) is 1. The molecule has 1 saturated heterocycles. The first kappa shape index (κ1) is 20.3. The number of hydrogen-bond donors (Lipinski definition) is 1. The Labute approximate surface area is 180 Å². The van der Waals surface area contributed by atoms with Crippen LogP contribution in [-0.4, -0.2) is 22.3 Å². The van der Waals surface area contributed by atoms with Gasteiger partial charge < -0.3 is 10.2 Å². The molecule has 0 spiro atoms. The van der Waals surface area contributed by atoms with Gasteiger partial charge in [0.1, 0.15) is 5.82 Å². The number of carbonyl (C=O) groups is 1. The van der Waals surface area contributed by atoms with E-state index in [2.05, 4.69) is 12.2 Å². The lowest BCUT2D eigenvalue weighted by Gasteiger charge is -2.39. The summed E-state index contributed by atoms with van der Waals surface area (Å²) in [6.07, 6.45) is 6.04. The third-order valence-electron chi connectivity index (χ3n) is 5.70. The first-order valence-electron chi connectivity index (χ1n) is 10.0. The van der Waals surface area contributed by atoms with E-state index in [-0.39, 0.29) is 23.0 Å². The largest absolute Gasteiger partial charge is 0.356 e. The number of amides is 1. The number of benzene rings is 2. The van der Waals surface area contributed by atoms with Gasteiger partial charge in [-0.1, -0.05) is 67.4 Å². The standard InChI is InChI=1S/C23H24ClFN2OS/c1-15-8-5-6-13-20(15)27-22(28)21(14-17-18(24)11-7-12-19(17)25)29-23(27)26-16-9-3-2-4-10-16/h2-4,7,9-12,14-15,20,23,26H,5-6,8,13H2,1H3/b21-14-/t15-,20+,23?/m0/s1. The number of hydrogen-bond acceptors (Lipinski definition) is 3. The van der Waals surface area contributed by atoms with E-state index in [0.29, 0.717) is 15.8 Å². The van der Waals surface area contributed by atoms with Gasteiger partial charge in [0.05, 0.1) is 9.93 Å². The summed E-state index contributed by atoms with van der Waals surface area (Å²) >= 11 is 7.63. The molecule has 1 N–H and O–H groups in total. The van der Waals surface area contributed by atoms with Crippen LogP contribution >= 0.6 is 23.4 Å². The first-order valence-corrected chi connectivity index (χ1v) is 11.3. The Balaban J connectivity index is 1.68. The number of carbonyl (C=O) groups excluding carboxylic acids is 1. The lowest BCUT2D eigenvalue weighted by atomic mass is 9.85. The van der Waals surface area contributed by atoms with Crippen molar-refractivity contribution >= 4 is 41.0 Å². The predicted octanol–water partition coefficient (Wildman–Crippen LogP) is 6.37. The zero-order valence-corrected chi connectivity index (χ0v) is 17.8. The van der Waals surface area contributed by atoms with Crippen LogP contribution in [0.4, 0.5) is 10.1 Å². The molecule has 2 aromatic rings. The van der Waals surface area contributed by atoms with E-state index in [1.165, 1.54) is 24.2 Å². The van der Waals surface area contributed by atoms with E-state index in [4.69, 9.17) is 11.6 Å². The van der Waals surface area contributed by atoms with Crippen LogP contribution in [-0.2, 0) is 4.79 Å². The summed E-state index contributed by atoms with van der Waals surface area (Å²) in [5.74, 6) is -0.0401. The molecule has 1 heterocycles. The van der Waals surface area contributed by atoms with E-state index in [1.807, 2.05) is 35.2 Å². The lowest BCUT2D eigenvalue weighted by Crippen LogP contribution is -2.48. The van der Waals surface area contributed by atoms with Gasteiger partial charge in [0, 0.05) is 17.3 Å². The predicted molar refractivity (Wildman–Crippen MR) is 119 cm³/mol. The minimum absolute atomic E-state index is 0.0542. The SMILES string of the molecule is C[C@H]1CCCC[C@H]1N1C(=O)/C(=C/c2c(F)cccc2Cl)SC1Nc1ccccc1. The van der Waals surface area contributed by atoms with E-state index in [9.17, 15) is 9.18 Å². The molecule has 4 rings (SSSR count). The zero-order chi connectivity index (χ0) is 20.4. The van der Waals surface area contributed by atoms with Gasteiger partial charge in [0.2, 0.25) is 0 Å². The van der Waals surface area contributed by atoms with Crippen molar-refractivity contribution in [1.29, 1.82) is 0 Å². The summed E-state index contributed by atoms with van der Waals surface area (Å²) in [5, 5.41) is 3.79. The van der Waals surface area contributed by atoms with Crippen molar-refractivity contribution in [3.8, 4) is 0 Å². The van der Waals surface area contributed by atoms with Gasteiger partial charge in [-0.25, -0.2) is 4.39 Å². The number of rotatable bonds is 4. The summed E-state index contributed by atoms with van der Waals surface area (Å²) in [6, 6.07) is 14.6. The second kappa shape index (κ2) is 8.80. The smallest absolute Gasteiger partial charge is 0.262 e. The maximum Gasteiger partial charge on any atom is 0.262 e. The molecule has 6 heteroatoms. The van der Waals surface area contributed by atoms with Gasteiger partial charge in [-0.15, -0.1) is 0 Å². The summed E-state index contributed by atoms with van der Waals surface area (Å²) < 4.78 is 14.3. The highest BCUT2D eigenvalue weighted by atomic mass is 35.5. The van der Waals surface area contributed by atoms with Crippen molar-refractivity contribution in [3.63, 3.8) is 0 Å². The fraction of sp³-hybridized carbons (Fsp3) is 0.348. The fourth-order valence-corrected chi connectivity index (χ4v) is 5.56. The minimum atomic E-state index is -0.421. The number of para-hydroxylation sites is 1. The lowest BCUT2D eigenvalue weighted by molar-refractivity contribution is -0.129. The molecule has 2 aliphatic rings. The van der Waals surface area contributed by atoms with E-state index in [0.717, 1.165) is 24.9 Å². The third-order valence-corrected chi connectivity index (χ3v) is 7.14. The van der Waals surface area contributed by atoms with Crippen LogP contribution in [0, 0.1) is 11.7 Å². The van der Waals surface area contributed by atoms with Crippen molar-refractivity contribution in [2.24, 2.45) is 5.92 Å². The van der Waals surface area contributed by atoms with Crippen molar-refractivity contribution < 1.29 is 9.18 Å². The normalized spacial score (nSPS) is 26.2. The highest BCUT2D eigenvalue weighted by Crippen LogP contribution is 2.42. The number of nitrogens with zero attached hydrogens (tertiary/aromatic N) is 1. The van der Waals surface area contributed by atoms with Gasteiger partial charge in [0.15, 0.2) is 5.50 Å². The topological polar surface area (TPSA) is 32.3 Å². The van der Waals surface area contributed by atoms with Gasteiger partial charge >= 0.3 is 0 Å². The molecule has 3 nitrogen and oxygen atoms in total. The van der Waals surface area contributed by atoms with Crippen LogP contribution in [0.15, 0.2) is 53.4 Å². The molecule has 3 atom stereocenters. The van der Waals surface area contributed by atoms with Crippen LogP contribution in [0.3, 0.4) is 0 Å². The average Bonchev–Trinajstić information content (AvgIpc) is 3.01. The molecular formula is C23H24ClFN2OS. The monoisotopic (exact) mass is 430 g/mol. The zero-order valence-electron chi connectivity index (χ0n) is 16.3. The highest BCUT2D eigenvalue weighted by molar-refractivity contribution is 8.05.